The molecule has 22 heavy (non-hydrogen) atoms. The topological polar surface area (TPSA) is 57.7 Å². The van der Waals surface area contributed by atoms with Gasteiger partial charge >= 0.3 is 0 Å². The first-order chi connectivity index (χ1) is 10.4. The summed E-state index contributed by atoms with van der Waals surface area (Å²) in [5, 5.41) is 0. The normalized spacial score (nSPS) is 17.6. The molecule has 1 fully saturated rings. The molecule has 1 heterocycles. The van der Waals surface area contributed by atoms with Gasteiger partial charge in [-0.1, -0.05) is 12.1 Å². The summed E-state index contributed by atoms with van der Waals surface area (Å²) in [4.78, 5) is 13.8. The predicted molar refractivity (Wildman–Crippen MR) is 83.0 cm³/mol. The molecule has 5 nitrogen and oxygen atoms in total. The van der Waals surface area contributed by atoms with Crippen molar-refractivity contribution in [3.8, 4) is 0 Å². The molecule has 120 valence electrons. The molecule has 1 saturated heterocycles. The number of amides is 1. The molecule has 0 bridgehead atoms. The molecule has 0 atom stereocenters. The lowest BCUT2D eigenvalue weighted by atomic mass is 10.2. The maximum absolute atomic E-state index is 12.8. The fourth-order valence-electron chi connectivity index (χ4n) is 2.29. The smallest absolute Gasteiger partial charge is 0.246 e. The predicted octanol–water partition coefficient (Wildman–Crippen LogP) is 1.33. The fourth-order valence-corrected chi connectivity index (χ4v) is 3.17. The van der Waals surface area contributed by atoms with Gasteiger partial charge in [0.15, 0.2) is 0 Å². The van der Waals surface area contributed by atoms with Crippen LogP contribution < -0.4 is 0 Å². The van der Waals surface area contributed by atoms with E-state index in [2.05, 4.69) is 0 Å². The van der Waals surface area contributed by atoms with Gasteiger partial charge in [-0.3, -0.25) is 4.79 Å². The van der Waals surface area contributed by atoms with Gasteiger partial charge in [0.2, 0.25) is 15.9 Å². The van der Waals surface area contributed by atoms with Gasteiger partial charge in [-0.2, -0.15) is 0 Å². The van der Waals surface area contributed by atoms with Crippen molar-refractivity contribution < 1.29 is 17.6 Å². The van der Waals surface area contributed by atoms with Gasteiger partial charge in [0.05, 0.1) is 6.26 Å². The van der Waals surface area contributed by atoms with Gasteiger partial charge in [-0.05, 0) is 30.2 Å². The third-order valence-corrected chi connectivity index (χ3v) is 4.83. The van der Waals surface area contributed by atoms with Crippen LogP contribution in [0, 0.1) is 5.82 Å². The Labute approximate surface area is 130 Å². The molecule has 0 saturated carbocycles. The molecule has 1 aliphatic rings. The standard InChI is InChI=1S/C15H19FN2O3S/c1-22(20,21)18-10-2-9-17(11-12-18)15(19)8-5-13-3-6-14(16)7-4-13/h3-8H,2,9-12H2,1H3. The first-order valence-electron chi connectivity index (χ1n) is 7.04. The number of hydrogen-bond donors (Lipinski definition) is 0. The van der Waals surface area contributed by atoms with E-state index in [4.69, 9.17) is 0 Å². The largest absolute Gasteiger partial charge is 0.338 e. The summed E-state index contributed by atoms with van der Waals surface area (Å²) in [6.45, 7) is 1.65. The monoisotopic (exact) mass is 326 g/mol. The van der Waals surface area contributed by atoms with Crippen molar-refractivity contribution in [2.24, 2.45) is 0 Å². The summed E-state index contributed by atoms with van der Waals surface area (Å²) in [6, 6.07) is 5.85. The summed E-state index contributed by atoms with van der Waals surface area (Å²) in [5.41, 5.74) is 0.738. The van der Waals surface area contributed by atoms with Crippen LogP contribution in [0.1, 0.15) is 12.0 Å². The minimum atomic E-state index is -3.22. The van der Waals surface area contributed by atoms with Gasteiger partial charge in [0.25, 0.3) is 0 Å². The quantitative estimate of drug-likeness (QED) is 0.788. The SMILES string of the molecule is CS(=O)(=O)N1CCCN(C(=O)C=Cc2ccc(F)cc2)CC1. The average Bonchev–Trinajstić information content (AvgIpc) is 2.72. The third kappa shape index (κ3) is 4.64. The zero-order chi connectivity index (χ0) is 16.2. The van der Waals surface area contributed by atoms with Gasteiger partial charge < -0.3 is 4.90 Å². The lowest BCUT2D eigenvalue weighted by Gasteiger charge is -2.19. The summed E-state index contributed by atoms with van der Waals surface area (Å²) in [5.74, 6) is -0.489. The Hall–Kier alpha value is -1.73. The maximum atomic E-state index is 12.8. The minimum Gasteiger partial charge on any atom is -0.338 e. The van der Waals surface area contributed by atoms with Crippen molar-refractivity contribution in [3.63, 3.8) is 0 Å². The Bertz CT molecular complexity index is 656. The molecular formula is C15H19FN2O3S. The molecule has 0 unspecified atom stereocenters. The van der Waals surface area contributed by atoms with Crippen molar-refractivity contribution in [2.45, 2.75) is 6.42 Å². The molecule has 1 aromatic rings. The highest BCUT2D eigenvalue weighted by Crippen LogP contribution is 2.09. The van der Waals surface area contributed by atoms with E-state index in [1.165, 1.54) is 28.8 Å². The Kier molecular flexibility index (Phi) is 5.31. The van der Waals surface area contributed by atoms with E-state index in [-0.39, 0.29) is 11.7 Å². The van der Waals surface area contributed by atoms with E-state index in [0.717, 1.165) is 5.56 Å². The summed E-state index contributed by atoms with van der Waals surface area (Å²) < 4.78 is 37.3. The Morgan fingerprint density at radius 2 is 1.82 bits per heavy atom. The lowest BCUT2D eigenvalue weighted by molar-refractivity contribution is -0.125. The van der Waals surface area contributed by atoms with Crippen LogP contribution in [0.5, 0.6) is 0 Å². The number of sulfonamides is 1. The molecule has 2 rings (SSSR count). The highest BCUT2D eigenvalue weighted by molar-refractivity contribution is 7.88. The van der Waals surface area contributed by atoms with Crippen LogP contribution in [0.4, 0.5) is 4.39 Å². The highest BCUT2D eigenvalue weighted by atomic mass is 32.2. The summed E-state index contributed by atoms with van der Waals surface area (Å²) in [7, 11) is -3.22. The second kappa shape index (κ2) is 7.02. The number of hydrogen-bond acceptors (Lipinski definition) is 3. The van der Waals surface area contributed by atoms with Crippen LogP contribution >= 0.6 is 0 Å². The number of halogens is 1. The summed E-state index contributed by atoms with van der Waals surface area (Å²) in [6.07, 6.45) is 4.85. The van der Waals surface area contributed by atoms with E-state index in [0.29, 0.717) is 32.6 Å². The molecule has 0 spiro atoms. The molecule has 0 aromatic heterocycles. The number of rotatable bonds is 3. The van der Waals surface area contributed by atoms with Crippen LogP contribution in [0.25, 0.3) is 6.08 Å². The Morgan fingerprint density at radius 1 is 1.14 bits per heavy atom. The van der Waals surface area contributed by atoms with Crippen molar-refractivity contribution in [1.82, 2.24) is 9.21 Å². The first kappa shape index (κ1) is 16.6. The molecule has 1 aromatic carbocycles. The first-order valence-corrected chi connectivity index (χ1v) is 8.89. The zero-order valence-corrected chi connectivity index (χ0v) is 13.2. The number of carbonyl (C=O) groups is 1. The van der Waals surface area contributed by atoms with E-state index < -0.39 is 10.0 Å². The molecule has 0 radical (unpaired) electrons. The highest BCUT2D eigenvalue weighted by Gasteiger charge is 2.22. The van der Waals surface area contributed by atoms with E-state index in [9.17, 15) is 17.6 Å². The van der Waals surface area contributed by atoms with Gasteiger partial charge in [-0.15, -0.1) is 0 Å². The molecule has 0 N–H and O–H groups in total. The average molecular weight is 326 g/mol. The zero-order valence-electron chi connectivity index (χ0n) is 12.4. The molecule has 0 aliphatic carbocycles. The van der Waals surface area contributed by atoms with Gasteiger partial charge in [0.1, 0.15) is 5.82 Å². The van der Waals surface area contributed by atoms with Crippen molar-refractivity contribution in [3.05, 3.63) is 41.7 Å². The van der Waals surface area contributed by atoms with Crippen LogP contribution in [0.15, 0.2) is 30.3 Å². The van der Waals surface area contributed by atoms with Crippen molar-refractivity contribution in [1.29, 1.82) is 0 Å². The van der Waals surface area contributed by atoms with Gasteiger partial charge in [-0.25, -0.2) is 17.1 Å². The second-order valence-electron chi connectivity index (χ2n) is 5.23. The lowest BCUT2D eigenvalue weighted by Crippen LogP contribution is -2.36. The molecular weight excluding hydrogens is 307 g/mol. The van der Waals surface area contributed by atoms with Crippen LogP contribution in [0.3, 0.4) is 0 Å². The molecule has 1 aliphatic heterocycles. The molecule has 7 heteroatoms. The Balaban J connectivity index is 1.97. The van der Waals surface area contributed by atoms with E-state index in [1.807, 2.05) is 0 Å². The number of nitrogens with zero attached hydrogens (tertiary/aromatic N) is 2. The van der Waals surface area contributed by atoms with Crippen LogP contribution in [-0.4, -0.2) is 56.0 Å². The second-order valence-corrected chi connectivity index (χ2v) is 7.21. The summed E-state index contributed by atoms with van der Waals surface area (Å²) >= 11 is 0. The van der Waals surface area contributed by atoms with E-state index >= 15 is 0 Å². The van der Waals surface area contributed by atoms with Crippen molar-refractivity contribution in [2.75, 3.05) is 32.4 Å². The minimum absolute atomic E-state index is 0.167. The third-order valence-electron chi connectivity index (χ3n) is 3.52. The fraction of sp³-hybridized carbons (Fsp3) is 0.400. The van der Waals surface area contributed by atoms with E-state index in [1.54, 1.807) is 23.1 Å². The number of benzene rings is 1. The van der Waals surface area contributed by atoms with Gasteiger partial charge in [0, 0.05) is 32.3 Å². The Morgan fingerprint density at radius 3 is 2.45 bits per heavy atom. The van der Waals surface area contributed by atoms with Crippen molar-refractivity contribution >= 4 is 22.0 Å². The maximum Gasteiger partial charge on any atom is 0.246 e. The molecule has 1 amide bonds. The van der Waals surface area contributed by atoms with Crippen LogP contribution in [-0.2, 0) is 14.8 Å². The number of carbonyl (C=O) groups excluding carboxylic acids is 1. The van der Waals surface area contributed by atoms with Crippen LogP contribution in [0.2, 0.25) is 0 Å².